The molecule has 1 aromatic rings. The molecule has 0 saturated heterocycles. The van der Waals surface area contributed by atoms with E-state index >= 15 is 0 Å². The first-order valence-corrected chi connectivity index (χ1v) is 9.17. The van der Waals surface area contributed by atoms with Crippen LogP contribution in [0, 0.1) is 0 Å². The van der Waals surface area contributed by atoms with Gasteiger partial charge in [-0.05, 0) is 18.6 Å². The summed E-state index contributed by atoms with van der Waals surface area (Å²) in [7, 11) is 2.72. The molecule has 1 aliphatic rings. The lowest BCUT2D eigenvalue weighted by molar-refractivity contribution is -0.174. The molecule has 1 saturated carbocycles. The molecule has 8 heteroatoms. The molecule has 148 valence electrons. The fourth-order valence-corrected chi connectivity index (χ4v) is 3.98. The van der Waals surface area contributed by atoms with Crippen LogP contribution in [0.1, 0.15) is 6.42 Å². The second-order valence-corrected chi connectivity index (χ2v) is 7.13. The number of allylic oxidation sites excluding steroid dienone is 1. The Morgan fingerprint density at radius 2 is 1.96 bits per heavy atom. The standard InChI is InChI=1S/C19H23Cl2NO5/c1-4-10-18(21)17(24)15(20)16(19(18,25-2)26-3)22-11-13(23)12-27-14-8-6-5-7-9-14/h4-9,13,15,23H,1,10-12H2,2-3H3/t13-,15?,18+/m1/s1. The molecule has 0 aromatic heterocycles. The first kappa shape index (κ1) is 21.9. The third kappa shape index (κ3) is 4.05. The summed E-state index contributed by atoms with van der Waals surface area (Å²) in [5.74, 6) is -1.50. The molecule has 0 amide bonds. The number of alkyl halides is 2. The van der Waals surface area contributed by atoms with Crippen LogP contribution in [0.4, 0.5) is 0 Å². The van der Waals surface area contributed by atoms with Gasteiger partial charge in [-0.25, -0.2) is 0 Å². The van der Waals surface area contributed by atoms with Gasteiger partial charge >= 0.3 is 0 Å². The van der Waals surface area contributed by atoms with E-state index in [4.69, 9.17) is 37.4 Å². The number of para-hydroxylation sites is 1. The zero-order valence-electron chi connectivity index (χ0n) is 15.2. The number of nitrogens with zero attached hydrogens (tertiary/aromatic N) is 1. The minimum Gasteiger partial charge on any atom is -0.491 e. The van der Waals surface area contributed by atoms with Crippen molar-refractivity contribution in [1.82, 2.24) is 0 Å². The van der Waals surface area contributed by atoms with Crippen molar-refractivity contribution in [1.29, 1.82) is 0 Å². The van der Waals surface area contributed by atoms with Crippen LogP contribution in [0.15, 0.2) is 48.0 Å². The van der Waals surface area contributed by atoms with Gasteiger partial charge < -0.3 is 19.3 Å². The number of rotatable bonds is 9. The van der Waals surface area contributed by atoms with Gasteiger partial charge in [0.1, 0.15) is 23.8 Å². The number of aliphatic hydroxyl groups is 1. The van der Waals surface area contributed by atoms with E-state index in [9.17, 15) is 9.90 Å². The highest BCUT2D eigenvalue weighted by Gasteiger charge is 2.68. The Morgan fingerprint density at radius 3 is 2.52 bits per heavy atom. The molecular weight excluding hydrogens is 393 g/mol. The normalized spacial score (nSPS) is 26.9. The summed E-state index contributed by atoms with van der Waals surface area (Å²) < 4.78 is 16.5. The van der Waals surface area contributed by atoms with Gasteiger partial charge in [-0.2, -0.15) is 0 Å². The Labute approximate surface area is 168 Å². The highest BCUT2D eigenvalue weighted by Crippen LogP contribution is 2.47. The maximum Gasteiger partial charge on any atom is 0.236 e. The van der Waals surface area contributed by atoms with Crippen LogP contribution in [0.2, 0.25) is 0 Å². The van der Waals surface area contributed by atoms with Crippen LogP contribution in [0.5, 0.6) is 5.75 Å². The summed E-state index contributed by atoms with van der Waals surface area (Å²) >= 11 is 12.8. The summed E-state index contributed by atoms with van der Waals surface area (Å²) in [5.41, 5.74) is 0.120. The topological polar surface area (TPSA) is 77.4 Å². The highest BCUT2D eigenvalue weighted by atomic mass is 35.5. The lowest BCUT2D eigenvalue weighted by Crippen LogP contribution is -2.55. The third-order valence-electron chi connectivity index (χ3n) is 4.38. The van der Waals surface area contributed by atoms with Crippen LogP contribution in [-0.2, 0) is 14.3 Å². The second kappa shape index (κ2) is 9.17. The Balaban J connectivity index is 2.18. The molecule has 3 atom stereocenters. The number of aliphatic imine (C=N–C) groups is 1. The second-order valence-electron chi connectivity index (χ2n) is 6.05. The van der Waals surface area contributed by atoms with Crippen molar-refractivity contribution in [3.63, 3.8) is 0 Å². The molecular formula is C19H23Cl2NO5. The number of ether oxygens (including phenoxy) is 3. The van der Waals surface area contributed by atoms with E-state index in [1.165, 1.54) is 20.3 Å². The summed E-state index contributed by atoms with van der Waals surface area (Å²) in [6.07, 6.45) is 0.650. The summed E-state index contributed by atoms with van der Waals surface area (Å²) in [5, 5.41) is 9.05. The molecule has 0 bridgehead atoms. The van der Waals surface area contributed by atoms with Crippen molar-refractivity contribution in [2.75, 3.05) is 27.4 Å². The average Bonchev–Trinajstić information content (AvgIpc) is 2.84. The van der Waals surface area contributed by atoms with Crippen molar-refractivity contribution < 1.29 is 24.1 Å². The number of methoxy groups -OCH3 is 2. The molecule has 0 aliphatic heterocycles. The van der Waals surface area contributed by atoms with Crippen LogP contribution < -0.4 is 4.74 Å². The number of Topliss-reactive ketones (excluding diaryl/α,β-unsaturated/α-hetero) is 1. The number of carbonyl (C=O) groups excluding carboxylic acids is 1. The number of hydrogen-bond acceptors (Lipinski definition) is 6. The van der Waals surface area contributed by atoms with Gasteiger partial charge in [-0.3, -0.25) is 9.79 Å². The summed E-state index contributed by atoms with van der Waals surface area (Å²) in [6, 6.07) is 9.08. The van der Waals surface area contributed by atoms with E-state index in [-0.39, 0.29) is 25.3 Å². The predicted molar refractivity (Wildman–Crippen MR) is 105 cm³/mol. The van der Waals surface area contributed by atoms with Crippen LogP contribution in [0.3, 0.4) is 0 Å². The van der Waals surface area contributed by atoms with Crippen molar-refractivity contribution >= 4 is 34.7 Å². The molecule has 0 radical (unpaired) electrons. The van der Waals surface area contributed by atoms with Crippen LogP contribution in [0.25, 0.3) is 0 Å². The maximum atomic E-state index is 12.7. The number of carbonyl (C=O) groups is 1. The molecule has 1 aromatic carbocycles. The van der Waals surface area contributed by atoms with E-state index in [1.807, 2.05) is 18.2 Å². The lowest BCUT2D eigenvalue weighted by Gasteiger charge is -2.37. The first-order valence-electron chi connectivity index (χ1n) is 8.35. The van der Waals surface area contributed by atoms with Gasteiger partial charge in [0, 0.05) is 14.2 Å². The van der Waals surface area contributed by atoms with Gasteiger partial charge in [0.2, 0.25) is 5.79 Å². The summed E-state index contributed by atoms with van der Waals surface area (Å²) in [4.78, 5) is 15.4. The fraction of sp³-hybridized carbons (Fsp3) is 0.474. The summed E-state index contributed by atoms with van der Waals surface area (Å²) in [6.45, 7) is 3.59. The molecule has 2 rings (SSSR count). The molecule has 1 fully saturated rings. The third-order valence-corrected chi connectivity index (χ3v) is 5.37. The van der Waals surface area contributed by atoms with E-state index in [1.54, 1.807) is 12.1 Å². The number of ketones is 1. The molecule has 1 aliphatic carbocycles. The van der Waals surface area contributed by atoms with E-state index in [0.717, 1.165) is 0 Å². The van der Waals surface area contributed by atoms with Crippen LogP contribution in [-0.4, -0.2) is 66.1 Å². The largest absolute Gasteiger partial charge is 0.491 e. The molecule has 27 heavy (non-hydrogen) atoms. The fourth-order valence-electron chi connectivity index (χ4n) is 3.06. The van der Waals surface area contributed by atoms with E-state index in [0.29, 0.717) is 5.75 Å². The molecule has 6 nitrogen and oxygen atoms in total. The minimum absolute atomic E-state index is 0.0212. The zero-order chi connectivity index (χ0) is 20.1. The Hall–Kier alpha value is -1.44. The van der Waals surface area contributed by atoms with Gasteiger partial charge in [-0.15, -0.1) is 29.8 Å². The van der Waals surface area contributed by atoms with E-state index in [2.05, 4.69) is 11.6 Å². The number of aliphatic hydroxyl groups excluding tert-OH is 1. The SMILES string of the molecule is C=CC[C@]1(Cl)C(=O)C(Cl)C(=NC[C@@H](O)COc2ccccc2)C1(OC)OC. The monoisotopic (exact) mass is 415 g/mol. The van der Waals surface area contributed by atoms with Crippen LogP contribution >= 0.6 is 23.2 Å². The maximum absolute atomic E-state index is 12.7. The molecule has 1 N–H and O–H groups in total. The average molecular weight is 416 g/mol. The quantitative estimate of drug-likeness (QED) is 0.381. The van der Waals surface area contributed by atoms with Crippen molar-refractivity contribution in [3.8, 4) is 5.75 Å². The smallest absolute Gasteiger partial charge is 0.236 e. The highest BCUT2D eigenvalue weighted by molar-refractivity contribution is 6.56. The Bertz CT molecular complexity index is 693. The zero-order valence-corrected chi connectivity index (χ0v) is 16.7. The Kier molecular flexibility index (Phi) is 7.42. The predicted octanol–water partition coefficient (Wildman–Crippen LogP) is 2.60. The van der Waals surface area contributed by atoms with Gasteiger partial charge in [0.15, 0.2) is 10.7 Å². The van der Waals surface area contributed by atoms with Gasteiger partial charge in [-0.1, -0.05) is 24.3 Å². The van der Waals surface area contributed by atoms with Crippen molar-refractivity contribution in [2.45, 2.75) is 28.6 Å². The van der Waals surface area contributed by atoms with E-state index < -0.39 is 27.9 Å². The van der Waals surface area contributed by atoms with Crippen molar-refractivity contribution in [2.24, 2.45) is 4.99 Å². The van der Waals surface area contributed by atoms with Gasteiger partial charge in [0.05, 0.1) is 12.3 Å². The molecule has 1 unspecified atom stereocenters. The lowest BCUT2D eigenvalue weighted by atomic mass is 9.95. The first-order chi connectivity index (χ1) is 12.9. The number of benzene rings is 1. The molecule has 0 heterocycles. The van der Waals surface area contributed by atoms with Crippen molar-refractivity contribution in [3.05, 3.63) is 43.0 Å². The van der Waals surface area contributed by atoms with Gasteiger partial charge in [0.25, 0.3) is 0 Å². The minimum atomic E-state index is -1.65. The Morgan fingerprint density at radius 1 is 1.33 bits per heavy atom. The number of halogens is 2. The number of hydrogen-bond donors (Lipinski definition) is 1. The molecule has 0 spiro atoms.